The summed E-state index contributed by atoms with van der Waals surface area (Å²) in [5, 5.41) is 13.3. The molecule has 0 aliphatic rings. The monoisotopic (exact) mass is 227 g/mol. The standard InChI is InChI=1S/C15H17NO/c1-12-7-5-6-10-14(12)16-11-15(17)13-8-3-2-4-9-13/h2-10,15-17H,11H2,1H3/t15-/m0/s1. The maximum Gasteiger partial charge on any atom is 0.0962 e. The highest BCUT2D eigenvalue weighted by molar-refractivity contribution is 5.50. The van der Waals surface area contributed by atoms with Gasteiger partial charge in [-0.15, -0.1) is 0 Å². The number of nitrogens with one attached hydrogen (secondary N) is 1. The van der Waals surface area contributed by atoms with Gasteiger partial charge in [0.25, 0.3) is 0 Å². The summed E-state index contributed by atoms with van der Waals surface area (Å²) in [6, 6.07) is 17.8. The number of rotatable bonds is 4. The number of aliphatic hydroxyl groups is 1. The molecule has 0 aliphatic heterocycles. The smallest absolute Gasteiger partial charge is 0.0962 e. The van der Waals surface area contributed by atoms with Gasteiger partial charge < -0.3 is 10.4 Å². The van der Waals surface area contributed by atoms with Crippen LogP contribution in [-0.4, -0.2) is 11.7 Å². The minimum atomic E-state index is -0.476. The molecule has 0 saturated carbocycles. The first-order valence-electron chi connectivity index (χ1n) is 5.80. The number of para-hydroxylation sites is 1. The topological polar surface area (TPSA) is 32.3 Å². The molecule has 2 heteroatoms. The summed E-state index contributed by atoms with van der Waals surface area (Å²) >= 11 is 0. The SMILES string of the molecule is Cc1ccccc1NC[C@H](O)c1ccccc1. The molecular formula is C15H17NO. The molecule has 2 aromatic rings. The molecule has 88 valence electrons. The van der Waals surface area contributed by atoms with Crippen molar-refractivity contribution < 1.29 is 5.11 Å². The average molecular weight is 227 g/mol. The van der Waals surface area contributed by atoms with E-state index in [4.69, 9.17) is 0 Å². The third-order valence-corrected chi connectivity index (χ3v) is 2.82. The van der Waals surface area contributed by atoms with Crippen LogP contribution in [-0.2, 0) is 0 Å². The molecule has 0 aliphatic carbocycles. The molecule has 2 aromatic carbocycles. The lowest BCUT2D eigenvalue weighted by atomic mass is 10.1. The second-order valence-electron chi connectivity index (χ2n) is 4.12. The summed E-state index contributed by atoms with van der Waals surface area (Å²) in [4.78, 5) is 0. The van der Waals surface area contributed by atoms with E-state index in [1.807, 2.05) is 48.5 Å². The molecule has 0 saturated heterocycles. The summed E-state index contributed by atoms with van der Waals surface area (Å²) < 4.78 is 0. The van der Waals surface area contributed by atoms with Gasteiger partial charge in [0, 0.05) is 12.2 Å². The van der Waals surface area contributed by atoms with Crippen molar-refractivity contribution in [2.24, 2.45) is 0 Å². The van der Waals surface area contributed by atoms with E-state index in [1.54, 1.807) is 0 Å². The Balaban J connectivity index is 1.97. The molecule has 2 rings (SSSR count). The molecule has 0 amide bonds. The van der Waals surface area contributed by atoms with Gasteiger partial charge in [0.05, 0.1) is 6.10 Å². The molecule has 0 bridgehead atoms. The van der Waals surface area contributed by atoms with Gasteiger partial charge in [-0.25, -0.2) is 0 Å². The number of aliphatic hydroxyl groups excluding tert-OH is 1. The fourth-order valence-electron chi connectivity index (χ4n) is 1.77. The van der Waals surface area contributed by atoms with Crippen molar-refractivity contribution >= 4 is 5.69 Å². The average Bonchev–Trinajstić information content (AvgIpc) is 2.38. The molecular weight excluding hydrogens is 210 g/mol. The van der Waals surface area contributed by atoms with Crippen molar-refractivity contribution in [3.63, 3.8) is 0 Å². The van der Waals surface area contributed by atoms with Crippen LogP contribution in [0.5, 0.6) is 0 Å². The van der Waals surface area contributed by atoms with Gasteiger partial charge >= 0.3 is 0 Å². The van der Waals surface area contributed by atoms with Crippen LogP contribution in [0.1, 0.15) is 17.2 Å². The van der Waals surface area contributed by atoms with Crippen LogP contribution in [0.2, 0.25) is 0 Å². The Morgan fingerprint density at radius 3 is 2.35 bits per heavy atom. The summed E-state index contributed by atoms with van der Waals surface area (Å²) in [5.41, 5.74) is 3.20. The van der Waals surface area contributed by atoms with Gasteiger partial charge in [0.2, 0.25) is 0 Å². The second-order valence-corrected chi connectivity index (χ2v) is 4.12. The van der Waals surface area contributed by atoms with Crippen molar-refractivity contribution in [3.05, 3.63) is 65.7 Å². The Bertz CT molecular complexity index is 467. The van der Waals surface area contributed by atoms with Gasteiger partial charge in [-0.2, -0.15) is 0 Å². The van der Waals surface area contributed by atoms with E-state index in [-0.39, 0.29) is 0 Å². The lowest BCUT2D eigenvalue weighted by Gasteiger charge is -2.14. The first kappa shape index (κ1) is 11.7. The predicted octanol–water partition coefficient (Wildman–Crippen LogP) is 3.14. The highest BCUT2D eigenvalue weighted by Gasteiger charge is 2.06. The first-order valence-corrected chi connectivity index (χ1v) is 5.80. The van der Waals surface area contributed by atoms with E-state index in [1.165, 1.54) is 5.56 Å². The molecule has 17 heavy (non-hydrogen) atoms. The van der Waals surface area contributed by atoms with Crippen molar-refractivity contribution in [2.45, 2.75) is 13.0 Å². The minimum Gasteiger partial charge on any atom is -0.387 e. The number of anilines is 1. The zero-order valence-electron chi connectivity index (χ0n) is 9.93. The van der Waals surface area contributed by atoms with E-state index in [9.17, 15) is 5.11 Å². The fourth-order valence-corrected chi connectivity index (χ4v) is 1.77. The Kier molecular flexibility index (Phi) is 3.78. The fraction of sp³-hybridized carbons (Fsp3) is 0.200. The van der Waals surface area contributed by atoms with Crippen LogP contribution in [0.25, 0.3) is 0 Å². The van der Waals surface area contributed by atoms with E-state index in [0.717, 1.165) is 11.3 Å². The van der Waals surface area contributed by atoms with E-state index < -0.39 is 6.10 Å². The van der Waals surface area contributed by atoms with Crippen LogP contribution in [0.15, 0.2) is 54.6 Å². The van der Waals surface area contributed by atoms with Crippen molar-refractivity contribution in [3.8, 4) is 0 Å². The van der Waals surface area contributed by atoms with Gasteiger partial charge in [0.15, 0.2) is 0 Å². The molecule has 0 heterocycles. The second kappa shape index (κ2) is 5.51. The normalized spacial score (nSPS) is 12.1. The van der Waals surface area contributed by atoms with Crippen molar-refractivity contribution in [1.82, 2.24) is 0 Å². The first-order chi connectivity index (χ1) is 8.27. The summed E-state index contributed by atoms with van der Waals surface area (Å²) in [7, 11) is 0. The van der Waals surface area contributed by atoms with Crippen LogP contribution >= 0.6 is 0 Å². The summed E-state index contributed by atoms with van der Waals surface area (Å²) in [6.45, 7) is 2.58. The van der Waals surface area contributed by atoms with Crippen LogP contribution < -0.4 is 5.32 Å². The van der Waals surface area contributed by atoms with E-state index >= 15 is 0 Å². The van der Waals surface area contributed by atoms with Gasteiger partial charge in [-0.05, 0) is 24.1 Å². The zero-order chi connectivity index (χ0) is 12.1. The molecule has 0 aromatic heterocycles. The Hall–Kier alpha value is -1.80. The molecule has 0 unspecified atom stereocenters. The van der Waals surface area contributed by atoms with Crippen LogP contribution in [0, 0.1) is 6.92 Å². The highest BCUT2D eigenvalue weighted by atomic mass is 16.3. The molecule has 1 atom stereocenters. The third-order valence-electron chi connectivity index (χ3n) is 2.82. The molecule has 0 spiro atoms. The Morgan fingerprint density at radius 1 is 1.00 bits per heavy atom. The highest BCUT2D eigenvalue weighted by Crippen LogP contribution is 2.16. The lowest BCUT2D eigenvalue weighted by Crippen LogP contribution is -2.12. The van der Waals surface area contributed by atoms with Crippen LogP contribution in [0.3, 0.4) is 0 Å². The van der Waals surface area contributed by atoms with Crippen LogP contribution in [0.4, 0.5) is 5.69 Å². The van der Waals surface area contributed by atoms with E-state index in [0.29, 0.717) is 6.54 Å². The Morgan fingerprint density at radius 2 is 1.65 bits per heavy atom. The van der Waals surface area contributed by atoms with Crippen molar-refractivity contribution in [1.29, 1.82) is 0 Å². The van der Waals surface area contributed by atoms with Gasteiger partial charge in [-0.3, -0.25) is 0 Å². The largest absolute Gasteiger partial charge is 0.387 e. The summed E-state index contributed by atoms with van der Waals surface area (Å²) in [6.07, 6.45) is -0.476. The zero-order valence-corrected chi connectivity index (χ0v) is 9.93. The quantitative estimate of drug-likeness (QED) is 0.841. The number of aryl methyl sites for hydroxylation is 1. The summed E-state index contributed by atoms with van der Waals surface area (Å²) in [5.74, 6) is 0. The molecule has 2 N–H and O–H groups in total. The van der Waals surface area contributed by atoms with Crippen molar-refractivity contribution in [2.75, 3.05) is 11.9 Å². The lowest BCUT2D eigenvalue weighted by molar-refractivity contribution is 0.191. The maximum atomic E-state index is 10.0. The minimum absolute atomic E-state index is 0.476. The van der Waals surface area contributed by atoms with E-state index in [2.05, 4.69) is 18.3 Å². The maximum absolute atomic E-state index is 10.0. The predicted molar refractivity (Wildman–Crippen MR) is 71.1 cm³/mol. The molecule has 2 nitrogen and oxygen atoms in total. The number of hydrogen-bond donors (Lipinski definition) is 2. The van der Waals surface area contributed by atoms with Gasteiger partial charge in [0.1, 0.15) is 0 Å². The number of hydrogen-bond acceptors (Lipinski definition) is 2. The number of benzene rings is 2. The third kappa shape index (κ3) is 3.08. The molecule has 0 radical (unpaired) electrons. The Labute approximate surface area is 102 Å². The van der Waals surface area contributed by atoms with Gasteiger partial charge in [-0.1, -0.05) is 48.5 Å². The molecule has 0 fully saturated rings.